The Hall–Kier alpha value is -3.16. The number of nitrogens with zero attached hydrogens (tertiary/aromatic N) is 1. The monoisotopic (exact) mass is 407 g/mol. The molecule has 0 bridgehead atoms. The van der Waals surface area contributed by atoms with Crippen molar-refractivity contribution < 1.29 is 27.1 Å². The van der Waals surface area contributed by atoms with Gasteiger partial charge in [-0.25, -0.2) is 9.18 Å². The van der Waals surface area contributed by atoms with Gasteiger partial charge in [0.15, 0.2) is 0 Å². The van der Waals surface area contributed by atoms with Gasteiger partial charge in [0.25, 0.3) is 0 Å². The lowest BCUT2D eigenvalue weighted by molar-refractivity contribution is -0.139. The van der Waals surface area contributed by atoms with Crippen LogP contribution in [0.1, 0.15) is 34.0 Å². The molecule has 0 fully saturated rings. The van der Waals surface area contributed by atoms with Crippen molar-refractivity contribution in [2.24, 2.45) is 0 Å². The van der Waals surface area contributed by atoms with Crippen LogP contribution in [-0.2, 0) is 17.5 Å². The number of ether oxygens (including phenoxy) is 1. The van der Waals surface area contributed by atoms with Crippen molar-refractivity contribution in [3.8, 4) is 0 Å². The number of rotatable bonds is 4. The van der Waals surface area contributed by atoms with Crippen LogP contribution in [0.5, 0.6) is 0 Å². The molecule has 0 saturated heterocycles. The number of alkyl halides is 3. The largest absolute Gasteiger partial charge is 0.462 e. The summed E-state index contributed by atoms with van der Waals surface area (Å²) >= 11 is 0. The van der Waals surface area contributed by atoms with Crippen molar-refractivity contribution in [2.75, 3.05) is 6.61 Å². The van der Waals surface area contributed by atoms with E-state index < -0.39 is 29.0 Å². The Morgan fingerprint density at radius 3 is 2.38 bits per heavy atom. The quantitative estimate of drug-likeness (QED) is 0.466. The molecule has 2 aromatic carbocycles. The average Bonchev–Trinajstić information content (AvgIpc) is 2.64. The molecule has 0 N–H and O–H groups in total. The van der Waals surface area contributed by atoms with Crippen LogP contribution in [0.25, 0.3) is 10.9 Å². The maximum absolute atomic E-state index is 14.1. The topological polar surface area (TPSA) is 48.3 Å². The van der Waals surface area contributed by atoms with Crippen molar-refractivity contribution in [3.63, 3.8) is 0 Å². The smallest absolute Gasteiger partial charge is 0.419 e. The van der Waals surface area contributed by atoms with Gasteiger partial charge < -0.3 is 9.30 Å². The Labute approximate surface area is 163 Å². The van der Waals surface area contributed by atoms with E-state index in [9.17, 15) is 27.2 Å². The third-order valence-corrected chi connectivity index (χ3v) is 4.44. The Balaban J connectivity index is 2.29. The molecular weight excluding hydrogens is 390 g/mol. The highest BCUT2D eigenvalue weighted by Crippen LogP contribution is 2.33. The predicted octanol–water partition coefficient (Wildman–Crippen LogP) is 4.69. The number of hydrogen-bond acceptors (Lipinski definition) is 3. The zero-order valence-electron chi connectivity index (χ0n) is 15.6. The molecule has 0 aliphatic heterocycles. The van der Waals surface area contributed by atoms with Crippen LogP contribution < -0.4 is 5.43 Å². The lowest BCUT2D eigenvalue weighted by Crippen LogP contribution is -2.22. The summed E-state index contributed by atoms with van der Waals surface area (Å²) in [5.74, 6) is -2.50. The van der Waals surface area contributed by atoms with E-state index in [1.54, 1.807) is 19.1 Å². The van der Waals surface area contributed by atoms with Gasteiger partial charge in [-0.2, -0.15) is 13.2 Å². The molecular formula is C21H17F4NO3. The number of hydrogen-bond donors (Lipinski definition) is 0. The van der Waals surface area contributed by atoms with Gasteiger partial charge in [0.1, 0.15) is 11.4 Å². The first kappa shape index (κ1) is 20.6. The fourth-order valence-electron chi connectivity index (χ4n) is 3.00. The zero-order chi connectivity index (χ0) is 21.3. The molecule has 152 valence electrons. The second kappa shape index (κ2) is 7.69. The second-order valence-electron chi connectivity index (χ2n) is 6.55. The van der Waals surface area contributed by atoms with Crippen molar-refractivity contribution >= 4 is 16.9 Å². The molecule has 0 spiro atoms. The predicted molar refractivity (Wildman–Crippen MR) is 99.4 cm³/mol. The van der Waals surface area contributed by atoms with E-state index in [4.69, 9.17) is 4.74 Å². The summed E-state index contributed by atoms with van der Waals surface area (Å²) in [6.07, 6.45) is -3.77. The third kappa shape index (κ3) is 4.16. The highest BCUT2D eigenvalue weighted by Gasteiger charge is 2.35. The van der Waals surface area contributed by atoms with Crippen LogP contribution in [0, 0.1) is 12.7 Å². The molecule has 1 heterocycles. The van der Waals surface area contributed by atoms with Crippen LogP contribution in [-0.4, -0.2) is 17.1 Å². The average molecular weight is 407 g/mol. The minimum atomic E-state index is -4.93. The molecule has 3 rings (SSSR count). The van der Waals surface area contributed by atoms with E-state index in [0.717, 1.165) is 17.3 Å². The normalized spacial score (nSPS) is 11.7. The van der Waals surface area contributed by atoms with E-state index in [0.29, 0.717) is 12.1 Å². The molecule has 0 aliphatic carbocycles. The van der Waals surface area contributed by atoms with E-state index in [-0.39, 0.29) is 29.6 Å². The standard InChI is InChI=1S/C21H17F4NO3/c1-3-29-20(28)15-11-26(10-13-6-4-12(2)5-7-13)18-9-16(21(23,24)25)17(22)8-14(18)19(15)27/h4-9,11H,3,10H2,1-2H3. The summed E-state index contributed by atoms with van der Waals surface area (Å²) in [7, 11) is 0. The molecule has 0 aliphatic rings. The Bertz CT molecular complexity index is 1130. The molecule has 0 unspecified atom stereocenters. The van der Waals surface area contributed by atoms with Gasteiger partial charge in [-0.15, -0.1) is 0 Å². The summed E-state index contributed by atoms with van der Waals surface area (Å²) in [6.45, 7) is 3.52. The van der Waals surface area contributed by atoms with E-state index in [1.807, 2.05) is 19.1 Å². The van der Waals surface area contributed by atoms with Gasteiger partial charge in [0.2, 0.25) is 5.43 Å². The Morgan fingerprint density at radius 1 is 1.14 bits per heavy atom. The summed E-state index contributed by atoms with van der Waals surface area (Å²) in [5, 5.41) is -0.326. The van der Waals surface area contributed by atoms with Gasteiger partial charge in [-0.05, 0) is 31.5 Å². The maximum atomic E-state index is 14.1. The molecule has 1 aromatic heterocycles. The molecule has 4 nitrogen and oxygen atoms in total. The molecule has 29 heavy (non-hydrogen) atoms. The van der Waals surface area contributed by atoms with Crippen molar-refractivity contribution in [1.29, 1.82) is 0 Å². The van der Waals surface area contributed by atoms with E-state index in [1.165, 1.54) is 4.57 Å². The molecule has 0 atom stereocenters. The summed E-state index contributed by atoms with van der Waals surface area (Å²) in [6, 6.07) is 8.32. The van der Waals surface area contributed by atoms with Gasteiger partial charge >= 0.3 is 12.1 Å². The molecule has 8 heteroatoms. The first-order chi connectivity index (χ1) is 13.6. The summed E-state index contributed by atoms with van der Waals surface area (Å²) in [4.78, 5) is 24.8. The van der Waals surface area contributed by atoms with Crippen molar-refractivity contribution in [2.45, 2.75) is 26.6 Å². The first-order valence-corrected chi connectivity index (χ1v) is 8.78. The minimum Gasteiger partial charge on any atom is -0.462 e. The first-order valence-electron chi connectivity index (χ1n) is 8.78. The number of carbonyl (C=O) groups is 1. The fraction of sp³-hybridized carbons (Fsp3) is 0.238. The number of benzene rings is 2. The van der Waals surface area contributed by atoms with Crippen molar-refractivity contribution in [3.05, 3.63) is 80.9 Å². The van der Waals surface area contributed by atoms with Gasteiger partial charge in [0, 0.05) is 18.1 Å². The van der Waals surface area contributed by atoms with Crippen molar-refractivity contribution in [1.82, 2.24) is 4.57 Å². The van der Waals surface area contributed by atoms with Gasteiger partial charge in [-0.3, -0.25) is 4.79 Å². The molecule has 0 amide bonds. The number of aromatic nitrogens is 1. The number of aryl methyl sites for hydroxylation is 1. The number of esters is 1. The van der Waals surface area contributed by atoms with E-state index in [2.05, 4.69) is 0 Å². The third-order valence-electron chi connectivity index (χ3n) is 4.44. The van der Waals surface area contributed by atoms with Gasteiger partial charge in [-0.1, -0.05) is 29.8 Å². The van der Waals surface area contributed by atoms with Crippen LogP contribution in [0.2, 0.25) is 0 Å². The van der Waals surface area contributed by atoms with Crippen LogP contribution in [0.4, 0.5) is 17.6 Å². The number of halogens is 4. The fourth-order valence-corrected chi connectivity index (χ4v) is 3.00. The second-order valence-corrected chi connectivity index (χ2v) is 6.55. The number of carbonyl (C=O) groups excluding carboxylic acids is 1. The minimum absolute atomic E-state index is 0.00957. The SMILES string of the molecule is CCOC(=O)c1cn(Cc2ccc(C)cc2)c2cc(C(F)(F)F)c(F)cc2c1=O. The number of fused-ring (bicyclic) bond motifs is 1. The van der Waals surface area contributed by atoms with Gasteiger partial charge in [0.05, 0.1) is 17.7 Å². The summed E-state index contributed by atoms with van der Waals surface area (Å²) in [5.41, 5.74) is -1.14. The van der Waals surface area contributed by atoms with Crippen LogP contribution in [0.15, 0.2) is 47.4 Å². The highest BCUT2D eigenvalue weighted by molar-refractivity contribution is 5.94. The molecule has 3 aromatic rings. The zero-order valence-corrected chi connectivity index (χ0v) is 15.6. The van der Waals surface area contributed by atoms with E-state index >= 15 is 0 Å². The lowest BCUT2D eigenvalue weighted by Gasteiger charge is -2.16. The lowest BCUT2D eigenvalue weighted by atomic mass is 10.1. The Morgan fingerprint density at radius 2 is 1.79 bits per heavy atom. The van der Waals surface area contributed by atoms with Crippen LogP contribution >= 0.6 is 0 Å². The van der Waals surface area contributed by atoms with Crippen LogP contribution in [0.3, 0.4) is 0 Å². The molecule has 0 saturated carbocycles. The Kier molecular flexibility index (Phi) is 5.46. The summed E-state index contributed by atoms with van der Waals surface area (Å²) < 4.78 is 59.8. The highest BCUT2D eigenvalue weighted by atomic mass is 19.4. The molecule has 0 radical (unpaired) electrons. The number of pyridine rings is 1. The maximum Gasteiger partial charge on any atom is 0.419 e.